The molecule has 0 amide bonds. The molecule has 0 unspecified atom stereocenters. The summed E-state index contributed by atoms with van der Waals surface area (Å²) in [4.78, 5) is 34.2. The Morgan fingerprint density at radius 1 is 0.963 bits per heavy atom. The molecular formula is C17H17N5O4S. The average Bonchev–Trinajstić information content (AvgIpc) is 2.68. The quantitative estimate of drug-likeness (QED) is 0.659. The highest BCUT2D eigenvalue weighted by Gasteiger charge is 2.29. The number of hydrogen-bond donors (Lipinski definition) is 2. The van der Waals surface area contributed by atoms with Crippen LogP contribution in [0.1, 0.15) is 0 Å². The zero-order valence-electron chi connectivity index (χ0n) is 14.3. The van der Waals surface area contributed by atoms with Gasteiger partial charge < -0.3 is 9.88 Å². The minimum atomic E-state index is -3.74. The Kier molecular flexibility index (Phi) is 4.28. The summed E-state index contributed by atoms with van der Waals surface area (Å²) in [5.41, 5.74) is -0.956. The molecule has 1 aliphatic heterocycles. The van der Waals surface area contributed by atoms with E-state index < -0.39 is 21.3 Å². The first-order chi connectivity index (χ1) is 12.9. The van der Waals surface area contributed by atoms with Crippen molar-refractivity contribution in [3.05, 3.63) is 63.4 Å². The fourth-order valence-electron chi connectivity index (χ4n) is 3.15. The van der Waals surface area contributed by atoms with E-state index in [4.69, 9.17) is 0 Å². The van der Waals surface area contributed by atoms with Crippen LogP contribution in [0.25, 0.3) is 10.9 Å². The molecule has 10 heteroatoms. The fourth-order valence-corrected chi connectivity index (χ4v) is 4.60. The van der Waals surface area contributed by atoms with Crippen molar-refractivity contribution in [1.29, 1.82) is 0 Å². The molecule has 0 radical (unpaired) electrons. The van der Waals surface area contributed by atoms with Crippen LogP contribution in [0.3, 0.4) is 0 Å². The third-order valence-electron chi connectivity index (χ3n) is 4.56. The minimum absolute atomic E-state index is 0.0267. The predicted molar refractivity (Wildman–Crippen MR) is 100 cm³/mol. The van der Waals surface area contributed by atoms with Gasteiger partial charge in [-0.15, -0.1) is 0 Å². The molecule has 0 bridgehead atoms. The van der Waals surface area contributed by atoms with E-state index in [1.165, 1.54) is 22.5 Å². The molecule has 1 aromatic carbocycles. The number of nitrogens with zero attached hydrogens (tertiary/aromatic N) is 3. The molecule has 1 fully saturated rings. The second kappa shape index (κ2) is 6.63. The summed E-state index contributed by atoms with van der Waals surface area (Å²) < 4.78 is 27.3. The maximum atomic E-state index is 13.0. The van der Waals surface area contributed by atoms with Crippen molar-refractivity contribution < 1.29 is 8.42 Å². The van der Waals surface area contributed by atoms with E-state index in [1.54, 1.807) is 6.20 Å². The number of fused-ring (bicyclic) bond motifs is 1. The van der Waals surface area contributed by atoms with Crippen molar-refractivity contribution in [1.82, 2.24) is 19.3 Å². The maximum Gasteiger partial charge on any atom is 0.326 e. The Labute approximate surface area is 154 Å². The first-order valence-electron chi connectivity index (χ1n) is 8.38. The van der Waals surface area contributed by atoms with Crippen LogP contribution in [0.4, 0.5) is 5.82 Å². The Morgan fingerprint density at radius 2 is 1.74 bits per heavy atom. The third kappa shape index (κ3) is 3.24. The lowest BCUT2D eigenvalue weighted by molar-refractivity contribution is 0.384. The van der Waals surface area contributed by atoms with Crippen LogP contribution in [0.2, 0.25) is 0 Å². The summed E-state index contributed by atoms with van der Waals surface area (Å²) in [6.07, 6.45) is 1.70. The maximum absolute atomic E-state index is 13.0. The topological polar surface area (TPSA) is 119 Å². The molecular weight excluding hydrogens is 370 g/mol. The normalized spacial score (nSPS) is 15.9. The van der Waals surface area contributed by atoms with Crippen LogP contribution in [0, 0.1) is 0 Å². The first kappa shape index (κ1) is 17.4. The van der Waals surface area contributed by atoms with Crippen molar-refractivity contribution in [3.8, 4) is 0 Å². The summed E-state index contributed by atoms with van der Waals surface area (Å²) in [6, 6.07) is 9.74. The van der Waals surface area contributed by atoms with E-state index in [0.717, 1.165) is 5.82 Å². The molecule has 0 atom stereocenters. The van der Waals surface area contributed by atoms with Gasteiger partial charge in [-0.1, -0.05) is 6.07 Å². The van der Waals surface area contributed by atoms with Crippen molar-refractivity contribution >= 4 is 26.7 Å². The lowest BCUT2D eigenvalue weighted by Gasteiger charge is -2.34. The summed E-state index contributed by atoms with van der Waals surface area (Å²) >= 11 is 0. The van der Waals surface area contributed by atoms with Crippen LogP contribution < -0.4 is 16.1 Å². The number of rotatable bonds is 3. The molecule has 1 saturated heterocycles. The summed E-state index contributed by atoms with van der Waals surface area (Å²) in [5, 5.41) is 0.128. The van der Waals surface area contributed by atoms with Gasteiger partial charge >= 0.3 is 5.69 Å². The van der Waals surface area contributed by atoms with Gasteiger partial charge in [-0.05, 0) is 30.3 Å². The van der Waals surface area contributed by atoms with E-state index in [-0.39, 0.29) is 10.3 Å². The van der Waals surface area contributed by atoms with Gasteiger partial charge in [0.25, 0.3) is 5.56 Å². The van der Waals surface area contributed by atoms with Crippen molar-refractivity contribution in [2.45, 2.75) is 4.90 Å². The van der Waals surface area contributed by atoms with Gasteiger partial charge in [-0.2, -0.15) is 4.31 Å². The molecule has 4 rings (SSSR count). The number of sulfonamides is 1. The molecule has 0 spiro atoms. The SMILES string of the molecule is O=c1[nH]c(=O)c2cc(S(=O)(=O)N3CCN(c4ccccn4)CC3)ccc2[nH]1. The highest BCUT2D eigenvalue weighted by molar-refractivity contribution is 7.89. The second-order valence-electron chi connectivity index (χ2n) is 6.19. The van der Waals surface area contributed by atoms with Crippen molar-refractivity contribution in [2.24, 2.45) is 0 Å². The van der Waals surface area contributed by atoms with Gasteiger partial charge in [0.15, 0.2) is 0 Å². The Morgan fingerprint density at radius 3 is 2.44 bits per heavy atom. The van der Waals surface area contributed by atoms with Gasteiger partial charge in [0.05, 0.1) is 15.8 Å². The van der Waals surface area contributed by atoms with Crippen LogP contribution >= 0.6 is 0 Å². The zero-order valence-corrected chi connectivity index (χ0v) is 15.1. The van der Waals surface area contributed by atoms with Crippen molar-refractivity contribution in [2.75, 3.05) is 31.1 Å². The molecule has 0 aliphatic carbocycles. The number of pyridine rings is 1. The molecule has 3 aromatic rings. The van der Waals surface area contributed by atoms with Gasteiger partial charge in [0.1, 0.15) is 5.82 Å². The molecule has 3 heterocycles. The summed E-state index contributed by atoms with van der Waals surface area (Å²) in [5.74, 6) is 0.816. The van der Waals surface area contributed by atoms with Gasteiger partial charge in [-0.3, -0.25) is 9.78 Å². The predicted octanol–water partition coefficient (Wildman–Crippen LogP) is 0.122. The number of H-pyrrole nitrogens is 2. The summed E-state index contributed by atoms with van der Waals surface area (Å²) in [7, 11) is -3.74. The van der Waals surface area contributed by atoms with E-state index in [9.17, 15) is 18.0 Å². The smallest absolute Gasteiger partial charge is 0.326 e. The van der Waals surface area contributed by atoms with Gasteiger partial charge in [0, 0.05) is 32.4 Å². The van der Waals surface area contributed by atoms with Crippen LogP contribution in [0.5, 0.6) is 0 Å². The number of piperazine rings is 1. The minimum Gasteiger partial charge on any atom is -0.354 e. The van der Waals surface area contributed by atoms with Gasteiger partial charge in [0.2, 0.25) is 10.0 Å². The van der Waals surface area contributed by atoms with E-state index in [1.807, 2.05) is 23.1 Å². The van der Waals surface area contributed by atoms with E-state index >= 15 is 0 Å². The molecule has 9 nitrogen and oxygen atoms in total. The monoisotopic (exact) mass is 387 g/mol. The molecule has 27 heavy (non-hydrogen) atoms. The number of hydrogen-bond acceptors (Lipinski definition) is 6. The lowest BCUT2D eigenvalue weighted by Crippen LogP contribution is -2.48. The molecule has 1 aliphatic rings. The third-order valence-corrected chi connectivity index (χ3v) is 6.46. The number of aromatic nitrogens is 3. The Balaban J connectivity index is 1.60. The van der Waals surface area contributed by atoms with Crippen LogP contribution in [0.15, 0.2) is 57.1 Å². The highest BCUT2D eigenvalue weighted by atomic mass is 32.2. The van der Waals surface area contributed by atoms with E-state index in [0.29, 0.717) is 31.7 Å². The van der Waals surface area contributed by atoms with Crippen molar-refractivity contribution in [3.63, 3.8) is 0 Å². The first-order valence-corrected chi connectivity index (χ1v) is 9.82. The Bertz CT molecular complexity index is 1200. The largest absolute Gasteiger partial charge is 0.354 e. The van der Waals surface area contributed by atoms with E-state index in [2.05, 4.69) is 15.0 Å². The molecule has 2 aromatic heterocycles. The fraction of sp³-hybridized carbons (Fsp3) is 0.235. The Hall–Kier alpha value is -2.98. The highest BCUT2D eigenvalue weighted by Crippen LogP contribution is 2.21. The van der Waals surface area contributed by atoms with Crippen LogP contribution in [-0.2, 0) is 10.0 Å². The number of aromatic amines is 2. The number of nitrogens with one attached hydrogen (secondary N) is 2. The molecule has 0 saturated carbocycles. The molecule has 2 N–H and O–H groups in total. The summed E-state index contributed by atoms with van der Waals surface area (Å²) in [6.45, 7) is 1.69. The van der Waals surface area contributed by atoms with Crippen LogP contribution in [-0.4, -0.2) is 53.9 Å². The molecule has 140 valence electrons. The average molecular weight is 387 g/mol. The van der Waals surface area contributed by atoms with Gasteiger partial charge in [-0.25, -0.2) is 18.2 Å². The number of benzene rings is 1. The standard InChI is InChI=1S/C17H17N5O4S/c23-16-13-11-12(4-5-14(13)19-17(24)20-16)27(25,26)22-9-7-21(8-10-22)15-3-1-2-6-18-15/h1-6,11H,7-10H2,(H2,19,20,23,24). The second-order valence-corrected chi connectivity index (χ2v) is 8.13. The number of anilines is 1. The zero-order chi connectivity index (χ0) is 19.0. The lowest BCUT2D eigenvalue weighted by atomic mass is 10.2.